The van der Waals surface area contributed by atoms with Crippen molar-refractivity contribution in [2.75, 3.05) is 45.3 Å². The molecule has 8 heteroatoms. The van der Waals surface area contributed by atoms with Crippen LogP contribution in [-0.2, 0) is 11.2 Å². The summed E-state index contributed by atoms with van der Waals surface area (Å²) in [5, 5.41) is 11.0. The third kappa shape index (κ3) is 7.78. The van der Waals surface area contributed by atoms with Gasteiger partial charge < -0.3 is 29.1 Å². The lowest BCUT2D eigenvalue weighted by molar-refractivity contribution is 0.0240. The van der Waals surface area contributed by atoms with Gasteiger partial charge in [0.2, 0.25) is 0 Å². The van der Waals surface area contributed by atoms with Gasteiger partial charge in [-0.25, -0.2) is 4.79 Å². The van der Waals surface area contributed by atoms with Gasteiger partial charge >= 0.3 is 6.09 Å². The molecule has 0 spiro atoms. The summed E-state index contributed by atoms with van der Waals surface area (Å²) < 4.78 is 16.3. The maximum atomic E-state index is 13.2. The SMILES string of the molecule is COc1cc(OC)c(C(=O)/C=C/c2ccc(N3CCN(C(=O)OC(C)(C)C)CC3)cc2)c(O)c1CC=C(C)C. The molecule has 0 bridgehead atoms. The number of carbonyl (C=O) groups is 2. The number of carbonyl (C=O) groups excluding carboxylic acids is 2. The minimum Gasteiger partial charge on any atom is -0.507 e. The number of nitrogens with zero attached hydrogens (tertiary/aromatic N) is 2. The summed E-state index contributed by atoms with van der Waals surface area (Å²) in [6.07, 6.45) is 5.26. The molecule has 1 saturated heterocycles. The van der Waals surface area contributed by atoms with Crippen molar-refractivity contribution in [3.05, 3.63) is 64.7 Å². The average molecular weight is 537 g/mol. The molecule has 2 aromatic rings. The summed E-state index contributed by atoms with van der Waals surface area (Å²) in [7, 11) is 2.97. The molecule has 1 heterocycles. The molecule has 1 amide bonds. The first kappa shape index (κ1) is 29.6. The lowest BCUT2D eigenvalue weighted by atomic mass is 9.99. The normalized spacial score (nSPS) is 13.8. The number of hydrogen-bond donors (Lipinski definition) is 1. The molecule has 39 heavy (non-hydrogen) atoms. The van der Waals surface area contributed by atoms with Crippen LogP contribution in [0.5, 0.6) is 17.2 Å². The summed E-state index contributed by atoms with van der Waals surface area (Å²) in [5.74, 6) is 0.206. The third-order valence-electron chi connectivity index (χ3n) is 6.35. The average Bonchev–Trinajstić information content (AvgIpc) is 2.89. The van der Waals surface area contributed by atoms with Crippen LogP contribution < -0.4 is 14.4 Å². The molecule has 1 N–H and O–H groups in total. The van der Waals surface area contributed by atoms with Crippen molar-refractivity contribution in [1.29, 1.82) is 0 Å². The highest BCUT2D eigenvalue weighted by atomic mass is 16.6. The van der Waals surface area contributed by atoms with Crippen LogP contribution in [0.25, 0.3) is 6.08 Å². The zero-order valence-corrected chi connectivity index (χ0v) is 24.0. The molecule has 0 aliphatic carbocycles. The van der Waals surface area contributed by atoms with E-state index >= 15 is 0 Å². The van der Waals surface area contributed by atoms with Crippen LogP contribution in [0, 0.1) is 0 Å². The Hall–Kier alpha value is -3.94. The fraction of sp³-hybridized carbons (Fsp3) is 0.419. The van der Waals surface area contributed by atoms with Crippen LogP contribution in [0.4, 0.5) is 10.5 Å². The lowest BCUT2D eigenvalue weighted by Gasteiger charge is -2.36. The number of anilines is 1. The van der Waals surface area contributed by atoms with Crippen LogP contribution in [0.1, 0.15) is 56.1 Å². The molecule has 0 radical (unpaired) electrons. The van der Waals surface area contributed by atoms with E-state index in [0.29, 0.717) is 43.9 Å². The molecule has 2 aromatic carbocycles. The van der Waals surface area contributed by atoms with E-state index in [1.807, 2.05) is 65.0 Å². The zero-order chi connectivity index (χ0) is 28.7. The van der Waals surface area contributed by atoms with E-state index in [0.717, 1.165) is 16.8 Å². The highest BCUT2D eigenvalue weighted by molar-refractivity contribution is 6.11. The predicted molar refractivity (Wildman–Crippen MR) is 154 cm³/mol. The van der Waals surface area contributed by atoms with Gasteiger partial charge in [-0.05, 0) is 64.8 Å². The van der Waals surface area contributed by atoms with Gasteiger partial charge in [0, 0.05) is 43.5 Å². The second kappa shape index (κ2) is 12.7. The van der Waals surface area contributed by atoms with Gasteiger partial charge in [-0.2, -0.15) is 0 Å². The van der Waals surface area contributed by atoms with Crippen molar-refractivity contribution in [2.24, 2.45) is 0 Å². The minimum atomic E-state index is -0.510. The third-order valence-corrected chi connectivity index (χ3v) is 6.35. The lowest BCUT2D eigenvalue weighted by Crippen LogP contribution is -2.50. The Bertz CT molecular complexity index is 1230. The Morgan fingerprint density at radius 3 is 2.13 bits per heavy atom. The van der Waals surface area contributed by atoms with E-state index in [1.165, 1.54) is 20.3 Å². The Morgan fingerprint density at radius 1 is 0.974 bits per heavy atom. The topological polar surface area (TPSA) is 88.5 Å². The number of ether oxygens (including phenoxy) is 3. The molecule has 0 atom stereocenters. The van der Waals surface area contributed by atoms with Gasteiger partial charge in [0.1, 0.15) is 28.4 Å². The van der Waals surface area contributed by atoms with E-state index in [4.69, 9.17) is 14.2 Å². The summed E-state index contributed by atoms with van der Waals surface area (Å²) in [6, 6.07) is 9.49. The van der Waals surface area contributed by atoms with Crippen molar-refractivity contribution in [3.63, 3.8) is 0 Å². The highest BCUT2D eigenvalue weighted by Crippen LogP contribution is 2.39. The maximum Gasteiger partial charge on any atom is 0.410 e. The number of phenolic OH excluding ortho intramolecular Hbond substituents is 1. The van der Waals surface area contributed by atoms with Gasteiger partial charge in [-0.3, -0.25) is 4.79 Å². The van der Waals surface area contributed by atoms with E-state index in [-0.39, 0.29) is 28.9 Å². The van der Waals surface area contributed by atoms with Crippen molar-refractivity contribution in [3.8, 4) is 17.2 Å². The van der Waals surface area contributed by atoms with Crippen LogP contribution in [0.3, 0.4) is 0 Å². The van der Waals surface area contributed by atoms with Crippen molar-refractivity contribution in [1.82, 2.24) is 4.90 Å². The van der Waals surface area contributed by atoms with Gasteiger partial charge in [-0.1, -0.05) is 29.9 Å². The molecule has 0 aromatic heterocycles. The summed E-state index contributed by atoms with van der Waals surface area (Å²) in [5.41, 5.74) is 3.10. The van der Waals surface area contributed by atoms with E-state index < -0.39 is 5.60 Å². The van der Waals surface area contributed by atoms with Crippen molar-refractivity contribution < 1.29 is 28.9 Å². The van der Waals surface area contributed by atoms with Gasteiger partial charge in [-0.15, -0.1) is 0 Å². The van der Waals surface area contributed by atoms with Crippen molar-refractivity contribution >= 4 is 23.6 Å². The second-order valence-electron chi connectivity index (χ2n) is 10.7. The zero-order valence-electron chi connectivity index (χ0n) is 24.0. The molecular weight excluding hydrogens is 496 g/mol. The Labute approximate surface area is 231 Å². The number of aromatic hydroxyl groups is 1. The van der Waals surface area contributed by atoms with Crippen LogP contribution in [0.2, 0.25) is 0 Å². The van der Waals surface area contributed by atoms with Crippen LogP contribution >= 0.6 is 0 Å². The standard InChI is InChI=1S/C31H40N2O6/c1-21(2)8-14-24-26(37-6)20-27(38-7)28(29(24)35)25(34)15-11-22-9-12-23(13-10-22)32-16-18-33(19-17-32)30(36)39-31(3,4)5/h8-13,15,20,35H,14,16-19H2,1-7H3/b15-11+. The number of methoxy groups -OCH3 is 2. The summed E-state index contributed by atoms with van der Waals surface area (Å²) in [4.78, 5) is 29.4. The fourth-order valence-electron chi connectivity index (χ4n) is 4.27. The van der Waals surface area contributed by atoms with E-state index in [2.05, 4.69) is 4.90 Å². The Morgan fingerprint density at radius 2 is 1.59 bits per heavy atom. The first-order chi connectivity index (χ1) is 18.4. The van der Waals surface area contributed by atoms with Crippen molar-refractivity contribution in [2.45, 2.75) is 46.6 Å². The van der Waals surface area contributed by atoms with Crippen LogP contribution in [-0.4, -0.2) is 67.9 Å². The monoisotopic (exact) mass is 536 g/mol. The maximum absolute atomic E-state index is 13.2. The predicted octanol–water partition coefficient (Wildman–Crippen LogP) is 5.87. The number of hydrogen-bond acceptors (Lipinski definition) is 7. The van der Waals surface area contributed by atoms with E-state index in [9.17, 15) is 14.7 Å². The summed E-state index contributed by atoms with van der Waals surface area (Å²) >= 11 is 0. The van der Waals surface area contributed by atoms with Gasteiger partial charge in [0.25, 0.3) is 0 Å². The highest BCUT2D eigenvalue weighted by Gasteiger charge is 2.26. The molecule has 1 fully saturated rings. The first-order valence-corrected chi connectivity index (χ1v) is 13.1. The van der Waals surface area contributed by atoms with Crippen LogP contribution in [0.15, 0.2) is 48.1 Å². The smallest absolute Gasteiger partial charge is 0.410 e. The quantitative estimate of drug-likeness (QED) is 0.256. The van der Waals surface area contributed by atoms with Gasteiger partial charge in [0.15, 0.2) is 5.78 Å². The van der Waals surface area contributed by atoms with E-state index in [1.54, 1.807) is 17.0 Å². The van der Waals surface area contributed by atoms with Gasteiger partial charge in [0.05, 0.1) is 14.2 Å². The second-order valence-corrected chi connectivity index (χ2v) is 10.7. The number of benzene rings is 2. The minimum absolute atomic E-state index is 0.103. The molecule has 3 rings (SSSR count). The number of ketones is 1. The molecule has 1 aliphatic rings. The number of rotatable bonds is 8. The molecule has 210 valence electrons. The first-order valence-electron chi connectivity index (χ1n) is 13.1. The molecule has 8 nitrogen and oxygen atoms in total. The summed E-state index contributed by atoms with van der Waals surface area (Å²) in [6.45, 7) is 12.1. The largest absolute Gasteiger partial charge is 0.507 e. The molecular formula is C31H40N2O6. The molecule has 0 unspecified atom stereocenters. The Kier molecular flexibility index (Phi) is 9.67. The number of amides is 1. The number of phenols is 1. The Balaban J connectivity index is 1.71. The number of allylic oxidation sites excluding steroid dienone is 3. The number of piperazine rings is 1. The molecule has 0 saturated carbocycles. The fourth-order valence-corrected chi connectivity index (χ4v) is 4.27. The molecule has 1 aliphatic heterocycles.